The molecule has 2 aromatic carbocycles. The molecule has 0 atom stereocenters. The number of para-hydroxylation sites is 1. The minimum absolute atomic E-state index is 0.790. The first-order valence-corrected chi connectivity index (χ1v) is 10.9. The Labute approximate surface area is 176 Å². The number of halogens is 1. The summed E-state index contributed by atoms with van der Waals surface area (Å²) in [7, 11) is 0. The van der Waals surface area contributed by atoms with Crippen LogP contribution in [0.4, 0.5) is 11.5 Å². The second-order valence-corrected chi connectivity index (χ2v) is 8.35. The average molecular weight is 408 g/mol. The molecule has 6 heteroatoms. The number of aromatic nitrogens is 2. The van der Waals surface area contributed by atoms with Crippen LogP contribution >= 0.6 is 11.6 Å². The van der Waals surface area contributed by atoms with Gasteiger partial charge in [-0.3, -0.25) is 4.90 Å². The molecule has 0 unspecified atom stereocenters. The van der Waals surface area contributed by atoms with E-state index in [1.54, 1.807) is 0 Å². The van der Waals surface area contributed by atoms with Crippen molar-refractivity contribution in [3.63, 3.8) is 0 Å². The Morgan fingerprint density at radius 2 is 1.55 bits per heavy atom. The third-order valence-corrected chi connectivity index (χ3v) is 6.18. The predicted octanol–water partition coefficient (Wildman–Crippen LogP) is 4.21. The fraction of sp³-hybridized carbons (Fsp3) is 0.391. The van der Waals surface area contributed by atoms with Crippen molar-refractivity contribution in [2.75, 3.05) is 49.1 Å². The van der Waals surface area contributed by atoms with E-state index in [4.69, 9.17) is 21.6 Å². The molecule has 150 valence electrons. The van der Waals surface area contributed by atoms with Crippen molar-refractivity contribution in [3.8, 4) is 0 Å². The van der Waals surface area contributed by atoms with Crippen LogP contribution in [0.3, 0.4) is 0 Å². The fourth-order valence-corrected chi connectivity index (χ4v) is 4.59. The molecule has 5 nitrogen and oxygen atoms in total. The van der Waals surface area contributed by atoms with Crippen molar-refractivity contribution in [1.29, 1.82) is 0 Å². The van der Waals surface area contributed by atoms with Crippen LogP contribution in [0.1, 0.15) is 18.7 Å². The molecule has 0 amide bonds. The van der Waals surface area contributed by atoms with Crippen molar-refractivity contribution in [2.24, 2.45) is 0 Å². The number of rotatable bonds is 4. The molecular weight excluding hydrogens is 382 g/mol. The molecule has 3 heterocycles. The largest absolute Gasteiger partial charge is 0.368 e. The van der Waals surface area contributed by atoms with Gasteiger partial charge in [-0.15, -0.1) is 0 Å². The Hall–Kier alpha value is -2.37. The van der Waals surface area contributed by atoms with Gasteiger partial charge in [-0.2, -0.15) is 0 Å². The molecule has 0 bridgehead atoms. The SMILES string of the molecule is Clc1cccc(N2CCN(c3nc(CN4CCCC4)nc4ccccc34)CC2)c1. The maximum Gasteiger partial charge on any atom is 0.145 e. The zero-order valence-electron chi connectivity index (χ0n) is 16.6. The van der Waals surface area contributed by atoms with Crippen LogP contribution in [0.5, 0.6) is 0 Å². The highest BCUT2D eigenvalue weighted by Gasteiger charge is 2.22. The van der Waals surface area contributed by atoms with E-state index in [2.05, 4.69) is 45.0 Å². The summed E-state index contributed by atoms with van der Waals surface area (Å²) >= 11 is 6.18. The van der Waals surface area contributed by atoms with Crippen LogP contribution in [-0.2, 0) is 6.54 Å². The Balaban J connectivity index is 1.39. The summed E-state index contributed by atoms with van der Waals surface area (Å²) < 4.78 is 0. The number of hydrogen-bond acceptors (Lipinski definition) is 5. The van der Waals surface area contributed by atoms with E-state index in [-0.39, 0.29) is 0 Å². The number of hydrogen-bond donors (Lipinski definition) is 0. The second kappa shape index (κ2) is 8.17. The lowest BCUT2D eigenvalue weighted by molar-refractivity contribution is 0.323. The molecule has 0 radical (unpaired) electrons. The standard InChI is InChI=1S/C23H26ClN5/c24-18-6-5-7-19(16-18)28-12-14-29(15-13-28)23-20-8-1-2-9-21(20)25-22(26-23)17-27-10-3-4-11-27/h1-2,5-9,16H,3-4,10-15,17H2. The van der Waals surface area contributed by atoms with Gasteiger partial charge >= 0.3 is 0 Å². The van der Waals surface area contributed by atoms with E-state index in [9.17, 15) is 0 Å². The van der Waals surface area contributed by atoms with Crippen molar-refractivity contribution < 1.29 is 0 Å². The summed E-state index contributed by atoms with van der Waals surface area (Å²) in [4.78, 5) is 17.2. The fourth-order valence-electron chi connectivity index (χ4n) is 4.41. The van der Waals surface area contributed by atoms with Crippen molar-refractivity contribution >= 4 is 34.0 Å². The Kier molecular flexibility index (Phi) is 5.25. The first-order chi connectivity index (χ1) is 14.3. The second-order valence-electron chi connectivity index (χ2n) is 7.92. The lowest BCUT2D eigenvalue weighted by atomic mass is 10.2. The smallest absolute Gasteiger partial charge is 0.145 e. The third-order valence-electron chi connectivity index (χ3n) is 5.95. The van der Waals surface area contributed by atoms with E-state index in [0.717, 1.165) is 73.4 Å². The van der Waals surface area contributed by atoms with Gasteiger partial charge in [0.15, 0.2) is 0 Å². The molecule has 29 heavy (non-hydrogen) atoms. The molecule has 5 rings (SSSR count). The average Bonchev–Trinajstić information content (AvgIpc) is 3.26. The highest BCUT2D eigenvalue weighted by atomic mass is 35.5. The summed E-state index contributed by atoms with van der Waals surface area (Å²) in [6, 6.07) is 16.5. The van der Waals surface area contributed by atoms with Crippen molar-refractivity contribution in [3.05, 3.63) is 59.4 Å². The van der Waals surface area contributed by atoms with Gasteiger partial charge in [-0.1, -0.05) is 29.8 Å². The van der Waals surface area contributed by atoms with Crippen molar-refractivity contribution in [1.82, 2.24) is 14.9 Å². The van der Waals surface area contributed by atoms with E-state index < -0.39 is 0 Å². The molecule has 2 saturated heterocycles. The molecule has 0 spiro atoms. The summed E-state index contributed by atoms with van der Waals surface area (Å²) in [5.74, 6) is 2.02. The zero-order valence-corrected chi connectivity index (χ0v) is 17.4. The zero-order chi connectivity index (χ0) is 19.6. The van der Waals surface area contributed by atoms with Gasteiger partial charge in [0.25, 0.3) is 0 Å². The molecule has 0 saturated carbocycles. The number of likely N-dealkylation sites (tertiary alicyclic amines) is 1. The van der Waals surface area contributed by atoms with Gasteiger partial charge in [-0.25, -0.2) is 9.97 Å². The first-order valence-electron chi connectivity index (χ1n) is 10.5. The van der Waals surface area contributed by atoms with Gasteiger partial charge < -0.3 is 9.80 Å². The number of fused-ring (bicyclic) bond motifs is 1. The molecule has 3 aromatic rings. The minimum Gasteiger partial charge on any atom is -0.368 e. The van der Waals surface area contributed by atoms with Gasteiger partial charge in [0.05, 0.1) is 12.1 Å². The third kappa shape index (κ3) is 4.02. The van der Waals surface area contributed by atoms with Crippen LogP contribution in [0.25, 0.3) is 10.9 Å². The van der Waals surface area contributed by atoms with E-state index in [1.807, 2.05) is 18.2 Å². The summed E-state index contributed by atoms with van der Waals surface area (Å²) in [6.07, 6.45) is 2.57. The van der Waals surface area contributed by atoms with E-state index in [1.165, 1.54) is 18.5 Å². The van der Waals surface area contributed by atoms with E-state index >= 15 is 0 Å². The highest BCUT2D eigenvalue weighted by Crippen LogP contribution is 2.27. The minimum atomic E-state index is 0.790. The predicted molar refractivity (Wildman–Crippen MR) is 120 cm³/mol. The molecule has 0 aliphatic carbocycles. The highest BCUT2D eigenvalue weighted by molar-refractivity contribution is 6.30. The van der Waals surface area contributed by atoms with Gasteiger partial charge in [-0.05, 0) is 56.3 Å². The van der Waals surface area contributed by atoms with Crippen LogP contribution in [0, 0.1) is 0 Å². The first kappa shape index (κ1) is 18.6. The molecule has 0 N–H and O–H groups in total. The molecule has 1 aromatic heterocycles. The van der Waals surface area contributed by atoms with E-state index in [0.29, 0.717) is 0 Å². The number of benzene rings is 2. The maximum atomic E-state index is 6.18. The number of anilines is 2. The van der Waals surface area contributed by atoms with Gasteiger partial charge in [0.2, 0.25) is 0 Å². The summed E-state index contributed by atoms with van der Waals surface area (Å²) in [5.41, 5.74) is 2.24. The number of nitrogens with zero attached hydrogens (tertiary/aromatic N) is 5. The van der Waals surface area contributed by atoms with Crippen LogP contribution in [0.15, 0.2) is 48.5 Å². The quantitative estimate of drug-likeness (QED) is 0.647. The molecular formula is C23H26ClN5. The lowest BCUT2D eigenvalue weighted by Gasteiger charge is -2.37. The molecule has 2 fully saturated rings. The lowest BCUT2D eigenvalue weighted by Crippen LogP contribution is -2.47. The number of piperazine rings is 1. The summed E-state index contributed by atoms with van der Waals surface area (Å²) in [6.45, 7) is 6.96. The maximum absolute atomic E-state index is 6.18. The molecule has 2 aliphatic heterocycles. The Bertz CT molecular complexity index is 993. The Morgan fingerprint density at radius 3 is 2.34 bits per heavy atom. The Morgan fingerprint density at radius 1 is 0.793 bits per heavy atom. The topological polar surface area (TPSA) is 35.5 Å². The normalized spacial score (nSPS) is 18.0. The van der Waals surface area contributed by atoms with Crippen LogP contribution in [0.2, 0.25) is 5.02 Å². The van der Waals surface area contributed by atoms with Crippen molar-refractivity contribution in [2.45, 2.75) is 19.4 Å². The van der Waals surface area contributed by atoms with Crippen LogP contribution < -0.4 is 9.80 Å². The monoisotopic (exact) mass is 407 g/mol. The molecule has 2 aliphatic rings. The van der Waals surface area contributed by atoms with Gasteiger partial charge in [0, 0.05) is 42.3 Å². The van der Waals surface area contributed by atoms with Crippen LogP contribution in [-0.4, -0.2) is 54.1 Å². The van der Waals surface area contributed by atoms with Gasteiger partial charge in [0.1, 0.15) is 11.6 Å². The summed E-state index contributed by atoms with van der Waals surface area (Å²) in [5, 5.41) is 1.94.